The molecule has 0 bridgehead atoms. The average molecular weight is 345 g/mol. The van der Waals surface area contributed by atoms with Crippen molar-refractivity contribution in [2.45, 2.75) is 26.3 Å². The summed E-state index contributed by atoms with van der Waals surface area (Å²) in [6, 6.07) is 9.22. The SMILES string of the molecule is CC1CCN(c2cc(C(=O)NCc3ccccc3Cl)ncn2)CC1. The molecule has 1 amide bonds. The van der Waals surface area contributed by atoms with Crippen LogP contribution in [0, 0.1) is 5.92 Å². The summed E-state index contributed by atoms with van der Waals surface area (Å²) in [6.07, 6.45) is 3.76. The highest BCUT2D eigenvalue weighted by molar-refractivity contribution is 6.31. The molecule has 2 heterocycles. The van der Waals surface area contributed by atoms with Gasteiger partial charge in [-0.2, -0.15) is 0 Å². The van der Waals surface area contributed by atoms with Gasteiger partial charge >= 0.3 is 0 Å². The summed E-state index contributed by atoms with van der Waals surface area (Å²) in [7, 11) is 0. The summed E-state index contributed by atoms with van der Waals surface area (Å²) in [5, 5.41) is 3.50. The fraction of sp³-hybridized carbons (Fsp3) is 0.389. The van der Waals surface area contributed by atoms with Crippen molar-refractivity contribution in [1.82, 2.24) is 15.3 Å². The van der Waals surface area contributed by atoms with Crippen LogP contribution in [0.2, 0.25) is 5.02 Å². The maximum Gasteiger partial charge on any atom is 0.270 e. The van der Waals surface area contributed by atoms with Crippen molar-refractivity contribution in [3.63, 3.8) is 0 Å². The zero-order valence-corrected chi connectivity index (χ0v) is 14.5. The van der Waals surface area contributed by atoms with E-state index in [9.17, 15) is 4.79 Å². The molecule has 2 aromatic rings. The smallest absolute Gasteiger partial charge is 0.270 e. The minimum atomic E-state index is -0.219. The van der Waals surface area contributed by atoms with E-state index in [2.05, 4.69) is 27.1 Å². The predicted molar refractivity (Wildman–Crippen MR) is 95.3 cm³/mol. The van der Waals surface area contributed by atoms with Gasteiger partial charge in [0, 0.05) is 30.7 Å². The molecular formula is C18H21ClN4O. The Labute approximate surface area is 147 Å². The molecule has 1 aromatic heterocycles. The van der Waals surface area contributed by atoms with Crippen LogP contribution in [-0.2, 0) is 6.54 Å². The highest BCUT2D eigenvalue weighted by Gasteiger charge is 2.18. The van der Waals surface area contributed by atoms with Crippen LogP contribution in [0.5, 0.6) is 0 Å². The molecular weight excluding hydrogens is 324 g/mol. The van der Waals surface area contributed by atoms with Gasteiger partial charge in [-0.05, 0) is 30.4 Å². The Morgan fingerprint density at radius 2 is 2.04 bits per heavy atom. The lowest BCUT2D eigenvalue weighted by molar-refractivity contribution is 0.0946. The molecule has 0 radical (unpaired) electrons. The van der Waals surface area contributed by atoms with Gasteiger partial charge in [-0.25, -0.2) is 9.97 Å². The molecule has 0 atom stereocenters. The topological polar surface area (TPSA) is 58.1 Å². The molecule has 3 rings (SSSR count). The fourth-order valence-electron chi connectivity index (χ4n) is 2.79. The number of nitrogens with zero attached hydrogens (tertiary/aromatic N) is 3. The van der Waals surface area contributed by atoms with Crippen LogP contribution in [-0.4, -0.2) is 29.0 Å². The first-order valence-corrected chi connectivity index (χ1v) is 8.60. The molecule has 1 N–H and O–H groups in total. The van der Waals surface area contributed by atoms with E-state index in [0.717, 1.165) is 43.2 Å². The first-order valence-electron chi connectivity index (χ1n) is 8.22. The number of amides is 1. The number of anilines is 1. The van der Waals surface area contributed by atoms with Crippen molar-refractivity contribution in [3.8, 4) is 0 Å². The summed E-state index contributed by atoms with van der Waals surface area (Å²) < 4.78 is 0. The number of piperidine rings is 1. The second-order valence-electron chi connectivity index (χ2n) is 6.21. The van der Waals surface area contributed by atoms with Crippen molar-refractivity contribution in [2.24, 2.45) is 5.92 Å². The molecule has 1 aliphatic rings. The first kappa shape index (κ1) is 16.7. The van der Waals surface area contributed by atoms with Crippen LogP contribution in [0.15, 0.2) is 36.7 Å². The molecule has 5 nitrogen and oxygen atoms in total. The Hall–Kier alpha value is -2.14. The van der Waals surface area contributed by atoms with Gasteiger partial charge in [0.25, 0.3) is 5.91 Å². The number of carbonyl (C=O) groups is 1. The predicted octanol–water partition coefficient (Wildman–Crippen LogP) is 3.30. The van der Waals surface area contributed by atoms with E-state index in [1.165, 1.54) is 6.33 Å². The van der Waals surface area contributed by atoms with Crippen molar-refractivity contribution < 1.29 is 4.79 Å². The van der Waals surface area contributed by atoms with Crippen LogP contribution >= 0.6 is 11.6 Å². The van der Waals surface area contributed by atoms with Gasteiger partial charge in [0.15, 0.2) is 0 Å². The Morgan fingerprint density at radius 1 is 1.29 bits per heavy atom. The summed E-state index contributed by atoms with van der Waals surface area (Å²) in [5.41, 5.74) is 1.26. The maximum atomic E-state index is 12.4. The lowest BCUT2D eigenvalue weighted by Crippen LogP contribution is -2.34. The zero-order valence-electron chi connectivity index (χ0n) is 13.7. The second kappa shape index (κ2) is 7.62. The summed E-state index contributed by atoms with van der Waals surface area (Å²) in [6.45, 7) is 4.59. The molecule has 1 aromatic carbocycles. The van der Waals surface area contributed by atoms with Crippen LogP contribution in [0.3, 0.4) is 0 Å². The third-order valence-corrected chi connectivity index (χ3v) is 4.76. The first-order chi connectivity index (χ1) is 11.6. The molecule has 0 aliphatic carbocycles. The lowest BCUT2D eigenvalue weighted by Gasteiger charge is -2.31. The zero-order chi connectivity index (χ0) is 16.9. The van der Waals surface area contributed by atoms with E-state index in [1.54, 1.807) is 6.07 Å². The quantitative estimate of drug-likeness (QED) is 0.924. The Morgan fingerprint density at radius 3 is 2.79 bits per heavy atom. The number of hydrogen-bond donors (Lipinski definition) is 1. The Balaban J connectivity index is 1.65. The van der Waals surface area contributed by atoms with Crippen LogP contribution in [0.4, 0.5) is 5.82 Å². The normalized spacial score (nSPS) is 15.3. The third-order valence-electron chi connectivity index (χ3n) is 4.39. The highest BCUT2D eigenvalue weighted by atomic mass is 35.5. The second-order valence-corrected chi connectivity index (χ2v) is 6.61. The van der Waals surface area contributed by atoms with E-state index < -0.39 is 0 Å². The molecule has 1 aliphatic heterocycles. The van der Waals surface area contributed by atoms with E-state index >= 15 is 0 Å². The number of halogens is 1. The largest absolute Gasteiger partial charge is 0.356 e. The minimum absolute atomic E-state index is 0.219. The molecule has 6 heteroatoms. The number of rotatable bonds is 4. The average Bonchev–Trinajstić information content (AvgIpc) is 2.61. The molecule has 24 heavy (non-hydrogen) atoms. The number of nitrogens with one attached hydrogen (secondary N) is 1. The van der Waals surface area contributed by atoms with E-state index in [0.29, 0.717) is 17.3 Å². The van der Waals surface area contributed by atoms with Gasteiger partial charge in [0.1, 0.15) is 17.8 Å². The molecule has 1 fully saturated rings. The number of carbonyl (C=O) groups excluding carboxylic acids is 1. The van der Waals surface area contributed by atoms with Crippen molar-refractivity contribution >= 4 is 23.3 Å². The third kappa shape index (κ3) is 4.03. The fourth-order valence-corrected chi connectivity index (χ4v) is 2.99. The standard InChI is InChI=1S/C18H21ClN4O/c1-13-6-8-23(9-7-13)17-10-16(21-12-22-17)18(24)20-11-14-4-2-3-5-15(14)19/h2-5,10,12-13H,6-9,11H2,1H3,(H,20,24). The number of hydrogen-bond acceptors (Lipinski definition) is 4. The molecule has 0 unspecified atom stereocenters. The van der Waals surface area contributed by atoms with E-state index in [1.807, 2.05) is 24.3 Å². The molecule has 0 spiro atoms. The Kier molecular flexibility index (Phi) is 5.30. The minimum Gasteiger partial charge on any atom is -0.356 e. The van der Waals surface area contributed by atoms with Gasteiger partial charge in [0.2, 0.25) is 0 Å². The van der Waals surface area contributed by atoms with Gasteiger partial charge in [0.05, 0.1) is 0 Å². The monoisotopic (exact) mass is 344 g/mol. The van der Waals surface area contributed by atoms with E-state index in [-0.39, 0.29) is 5.91 Å². The number of benzene rings is 1. The number of aromatic nitrogens is 2. The highest BCUT2D eigenvalue weighted by Crippen LogP contribution is 2.21. The van der Waals surface area contributed by atoms with Gasteiger partial charge in [-0.3, -0.25) is 4.79 Å². The van der Waals surface area contributed by atoms with Crippen LogP contribution in [0.1, 0.15) is 35.8 Å². The van der Waals surface area contributed by atoms with Crippen molar-refractivity contribution in [3.05, 3.63) is 52.9 Å². The molecule has 1 saturated heterocycles. The van der Waals surface area contributed by atoms with Gasteiger partial charge in [-0.1, -0.05) is 36.7 Å². The van der Waals surface area contributed by atoms with Crippen molar-refractivity contribution in [1.29, 1.82) is 0 Å². The maximum absolute atomic E-state index is 12.4. The summed E-state index contributed by atoms with van der Waals surface area (Å²) in [4.78, 5) is 23.0. The lowest BCUT2D eigenvalue weighted by atomic mass is 9.99. The van der Waals surface area contributed by atoms with Gasteiger partial charge in [-0.15, -0.1) is 0 Å². The molecule has 0 saturated carbocycles. The Bertz CT molecular complexity index is 714. The molecule has 126 valence electrons. The summed E-state index contributed by atoms with van der Waals surface area (Å²) >= 11 is 6.11. The van der Waals surface area contributed by atoms with Crippen LogP contribution < -0.4 is 10.2 Å². The van der Waals surface area contributed by atoms with Crippen molar-refractivity contribution in [2.75, 3.05) is 18.0 Å². The van der Waals surface area contributed by atoms with Gasteiger partial charge < -0.3 is 10.2 Å². The summed E-state index contributed by atoms with van der Waals surface area (Å²) in [5.74, 6) is 1.35. The van der Waals surface area contributed by atoms with Crippen LogP contribution in [0.25, 0.3) is 0 Å². The van der Waals surface area contributed by atoms with E-state index in [4.69, 9.17) is 11.6 Å².